The molecule has 1 aliphatic rings. The van der Waals surface area contributed by atoms with Crippen molar-refractivity contribution in [3.8, 4) is 5.88 Å². The quantitative estimate of drug-likeness (QED) is 0.239. The fourth-order valence-corrected chi connectivity index (χ4v) is 5.62. The molecule has 1 fully saturated rings. The van der Waals surface area contributed by atoms with Crippen LogP contribution in [0, 0.1) is 5.92 Å². The van der Waals surface area contributed by atoms with Gasteiger partial charge in [-0.05, 0) is 69.6 Å². The third-order valence-corrected chi connectivity index (χ3v) is 7.85. The monoisotopic (exact) mass is 536 g/mol. The molecule has 0 amide bonds. The van der Waals surface area contributed by atoms with Crippen LogP contribution >= 0.6 is 15.9 Å². The van der Waals surface area contributed by atoms with E-state index in [-0.39, 0.29) is 5.92 Å². The third-order valence-electron chi connectivity index (χ3n) is 7.36. The molecule has 0 bridgehead atoms. The third kappa shape index (κ3) is 4.97. The highest BCUT2D eigenvalue weighted by atomic mass is 79.9. The molecule has 184 valence electrons. The van der Waals surface area contributed by atoms with Gasteiger partial charge in [-0.3, -0.25) is 0 Å². The molecule has 2 unspecified atom stereocenters. The van der Waals surface area contributed by atoms with Gasteiger partial charge < -0.3 is 19.2 Å². The van der Waals surface area contributed by atoms with Crippen molar-refractivity contribution in [1.82, 2.24) is 9.88 Å². The molecule has 5 nitrogen and oxygen atoms in total. The molecule has 0 radical (unpaired) electrons. The molecule has 4 aromatic rings. The number of nitrogens with zero attached hydrogens (tertiary/aromatic N) is 2. The van der Waals surface area contributed by atoms with E-state index in [0.717, 1.165) is 62.8 Å². The number of hydrogen-bond acceptors (Lipinski definition) is 5. The van der Waals surface area contributed by atoms with Gasteiger partial charge in [0.2, 0.25) is 5.88 Å². The lowest BCUT2D eigenvalue weighted by Crippen LogP contribution is -2.37. The van der Waals surface area contributed by atoms with Crippen LogP contribution in [0.3, 0.4) is 0 Å². The minimum Gasteiger partial charge on any atom is -0.481 e. The highest BCUT2D eigenvalue weighted by Crippen LogP contribution is 2.49. The first-order chi connectivity index (χ1) is 16.9. The number of aliphatic hydroxyl groups is 1. The Morgan fingerprint density at radius 3 is 2.74 bits per heavy atom. The number of fused-ring (bicyclic) bond motifs is 2. The molecule has 1 N–H and O–H groups in total. The van der Waals surface area contributed by atoms with E-state index in [4.69, 9.17) is 14.1 Å². The normalized spacial score (nSPS) is 16.6. The number of methoxy groups -OCH3 is 1. The molecule has 2 heterocycles. The van der Waals surface area contributed by atoms with Gasteiger partial charge in [-0.2, -0.15) is 0 Å². The van der Waals surface area contributed by atoms with E-state index in [1.807, 2.05) is 50.5 Å². The summed E-state index contributed by atoms with van der Waals surface area (Å²) in [5.74, 6) is 1.11. The van der Waals surface area contributed by atoms with Crippen molar-refractivity contribution in [2.75, 3.05) is 27.7 Å². The van der Waals surface area contributed by atoms with Crippen LogP contribution in [0.1, 0.15) is 49.1 Å². The van der Waals surface area contributed by atoms with Gasteiger partial charge in [-0.15, -0.1) is 0 Å². The highest BCUT2D eigenvalue weighted by molar-refractivity contribution is 9.10. The second kappa shape index (κ2) is 9.92. The van der Waals surface area contributed by atoms with Crippen molar-refractivity contribution in [3.63, 3.8) is 0 Å². The number of aromatic nitrogens is 1. The number of pyridine rings is 1. The van der Waals surface area contributed by atoms with Gasteiger partial charge in [0.15, 0.2) is 0 Å². The van der Waals surface area contributed by atoms with Gasteiger partial charge in [0.05, 0.1) is 18.9 Å². The largest absolute Gasteiger partial charge is 0.481 e. The van der Waals surface area contributed by atoms with Crippen LogP contribution in [0.2, 0.25) is 0 Å². The maximum absolute atomic E-state index is 12.8. The van der Waals surface area contributed by atoms with E-state index in [9.17, 15) is 5.11 Å². The van der Waals surface area contributed by atoms with Crippen molar-refractivity contribution >= 4 is 37.8 Å². The maximum atomic E-state index is 12.8. The zero-order valence-corrected chi connectivity index (χ0v) is 22.2. The van der Waals surface area contributed by atoms with E-state index in [1.165, 1.54) is 12.8 Å². The fourth-order valence-electron chi connectivity index (χ4n) is 5.24. The summed E-state index contributed by atoms with van der Waals surface area (Å²) < 4.78 is 12.8. The molecule has 0 saturated heterocycles. The summed E-state index contributed by atoms with van der Waals surface area (Å²) in [6.07, 6.45) is 6.74. The maximum Gasteiger partial charge on any atom is 0.217 e. The molecular formula is C29H33BrN2O3. The number of para-hydroxylation sites is 1. The van der Waals surface area contributed by atoms with Crippen LogP contribution in [-0.4, -0.2) is 42.7 Å². The van der Waals surface area contributed by atoms with E-state index in [1.54, 1.807) is 13.4 Å². The zero-order valence-electron chi connectivity index (χ0n) is 20.6. The van der Waals surface area contributed by atoms with Gasteiger partial charge in [0, 0.05) is 38.8 Å². The molecular weight excluding hydrogens is 504 g/mol. The van der Waals surface area contributed by atoms with Crippen LogP contribution in [0.5, 0.6) is 5.88 Å². The van der Waals surface area contributed by atoms with Crippen molar-refractivity contribution in [2.24, 2.45) is 5.92 Å². The summed E-state index contributed by atoms with van der Waals surface area (Å²) in [5.41, 5.74) is 2.24. The summed E-state index contributed by atoms with van der Waals surface area (Å²) in [6, 6.07) is 16.2. The molecule has 1 aliphatic carbocycles. The number of furan rings is 1. The number of hydrogen-bond donors (Lipinski definition) is 1. The molecule has 0 spiro atoms. The number of halogens is 1. The molecule has 2 atom stereocenters. The molecule has 35 heavy (non-hydrogen) atoms. The summed E-state index contributed by atoms with van der Waals surface area (Å²) in [4.78, 5) is 6.99. The Morgan fingerprint density at radius 2 is 2.00 bits per heavy atom. The molecule has 0 aliphatic heterocycles. The second-order valence-electron chi connectivity index (χ2n) is 10.1. The van der Waals surface area contributed by atoms with Crippen LogP contribution in [0.4, 0.5) is 0 Å². The number of benzene rings is 2. The standard InChI is InChI=1S/C29H33BrN2O3/c1-32(2)15-14-29(33,25-6-4-5-20-13-16-35-27(20)25)24(11-9-19-7-8-19)23-18-21-17-22(30)10-12-26(21)31-28(23)34-3/h4-6,10,12-13,16-19,24,33H,7-9,11,14-15H2,1-3H3. The highest BCUT2D eigenvalue weighted by Gasteiger charge is 2.43. The molecule has 2 aromatic carbocycles. The van der Waals surface area contributed by atoms with Crippen molar-refractivity contribution in [1.29, 1.82) is 0 Å². The van der Waals surface area contributed by atoms with Gasteiger partial charge >= 0.3 is 0 Å². The Kier molecular flexibility index (Phi) is 6.88. The van der Waals surface area contributed by atoms with Crippen molar-refractivity contribution in [2.45, 2.75) is 43.6 Å². The van der Waals surface area contributed by atoms with Gasteiger partial charge in [0.1, 0.15) is 11.2 Å². The van der Waals surface area contributed by atoms with E-state index < -0.39 is 5.60 Å². The first-order valence-corrected chi connectivity index (χ1v) is 13.2. The Balaban J connectivity index is 1.71. The molecule has 2 aromatic heterocycles. The van der Waals surface area contributed by atoms with Crippen molar-refractivity contribution < 1.29 is 14.3 Å². The first-order valence-electron chi connectivity index (χ1n) is 12.4. The fraction of sp³-hybridized carbons (Fsp3) is 0.414. The SMILES string of the molecule is COc1nc2ccc(Br)cc2cc1C(CCC1CC1)C(O)(CCN(C)C)c1cccc2ccoc12. The molecule has 6 heteroatoms. The van der Waals surface area contributed by atoms with Crippen LogP contribution < -0.4 is 4.74 Å². The van der Waals surface area contributed by atoms with Gasteiger partial charge in [-0.1, -0.05) is 47.0 Å². The van der Waals surface area contributed by atoms with E-state index >= 15 is 0 Å². The minimum atomic E-state index is -1.16. The zero-order chi connectivity index (χ0) is 24.6. The van der Waals surface area contributed by atoms with Gasteiger partial charge in [0.25, 0.3) is 0 Å². The summed E-state index contributed by atoms with van der Waals surface area (Å²) in [7, 11) is 5.76. The summed E-state index contributed by atoms with van der Waals surface area (Å²) >= 11 is 3.60. The number of rotatable bonds is 10. The van der Waals surface area contributed by atoms with Crippen LogP contribution in [-0.2, 0) is 5.60 Å². The van der Waals surface area contributed by atoms with Gasteiger partial charge in [-0.25, -0.2) is 4.98 Å². The summed E-state index contributed by atoms with van der Waals surface area (Å²) in [5, 5.41) is 14.8. The lowest BCUT2D eigenvalue weighted by Gasteiger charge is -2.38. The molecule has 5 rings (SSSR count). The van der Waals surface area contributed by atoms with Crippen LogP contribution in [0.25, 0.3) is 21.9 Å². The average Bonchev–Trinajstić information content (AvgIpc) is 3.55. The Labute approximate surface area is 215 Å². The first kappa shape index (κ1) is 24.3. The smallest absolute Gasteiger partial charge is 0.217 e. The average molecular weight is 537 g/mol. The Hall–Kier alpha value is -2.41. The molecule has 1 saturated carbocycles. The van der Waals surface area contributed by atoms with E-state index in [0.29, 0.717) is 12.3 Å². The van der Waals surface area contributed by atoms with E-state index in [2.05, 4.69) is 33.0 Å². The topological polar surface area (TPSA) is 58.7 Å². The lowest BCUT2D eigenvalue weighted by atomic mass is 9.72. The predicted octanol–water partition coefficient (Wildman–Crippen LogP) is 6.87. The van der Waals surface area contributed by atoms with Crippen molar-refractivity contribution in [3.05, 3.63) is 70.4 Å². The predicted molar refractivity (Wildman–Crippen MR) is 144 cm³/mol. The Bertz CT molecular complexity index is 1330. The second-order valence-corrected chi connectivity index (χ2v) is 11.0. The Morgan fingerprint density at radius 1 is 1.17 bits per heavy atom. The number of ether oxygens (including phenoxy) is 1. The lowest BCUT2D eigenvalue weighted by molar-refractivity contribution is -0.0109. The minimum absolute atomic E-state index is 0.204. The summed E-state index contributed by atoms with van der Waals surface area (Å²) in [6.45, 7) is 0.738. The van der Waals surface area contributed by atoms with Crippen LogP contribution in [0.15, 0.2) is 63.7 Å².